The lowest BCUT2D eigenvalue weighted by molar-refractivity contribution is 0.120. The summed E-state index contributed by atoms with van der Waals surface area (Å²) in [5.41, 5.74) is 0.649. The highest BCUT2D eigenvalue weighted by atomic mass is 79.9. The molecule has 4 rings (SSSR count). The van der Waals surface area contributed by atoms with Crippen LogP contribution in [0.1, 0.15) is 0 Å². The summed E-state index contributed by atoms with van der Waals surface area (Å²) < 4.78 is 38.7. The molecule has 1 aromatic heterocycles. The third-order valence-electron chi connectivity index (χ3n) is 4.35. The van der Waals surface area contributed by atoms with Gasteiger partial charge in [0.25, 0.3) is 0 Å². The van der Waals surface area contributed by atoms with Gasteiger partial charge in [-0.25, -0.2) is 8.42 Å². The van der Waals surface area contributed by atoms with Crippen LogP contribution in [0.25, 0.3) is 11.5 Å². The largest absolute Gasteiger partial charge is 0.419 e. The Morgan fingerprint density at radius 1 is 1.00 bits per heavy atom. The number of aromatic nitrogens is 1. The van der Waals surface area contributed by atoms with Crippen molar-refractivity contribution in [2.45, 2.75) is 9.92 Å². The van der Waals surface area contributed by atoms with E-state index in [4.69, 9.17) is 20.8 Å². The van der Waals surface area contributed by atoms with Crippen LogP contribution in [0, 0.1) is 0 Å². The molecular weight excluding hydrogens is 468 g/mol. The quantitative estimate of drug-likeness (QED) is 0.547. The number of rotatable bonds is 4. The molecule has 1 fully saturated rings. The minimum absolute atomic E-state index is 0.0957. The summed E-state index contributed by atoms with van der Waals surface area (Å²) in [5.74, 6) is 0.463. The Bertz CT molecular complexity index is 1080. The number of hydrogen-bond donors (Lipinski definition) is 0. The first-order valence-corrected chi connectivity index (χ1v) is 11.2. The van der Waals surface area contributed by atoms with Gasteiger partial charge in [-0.3, -0.25) is 0 Å². The molecule has 1 saturated heterocycles. The third kappa shape index (κ3) is 3.82. The molecule has 1 aliphatic heterocycles. The van der Waals surface area contributed by atoms with Crippen LogP contribution in [0.3, 0.4) is 0 Å². The Labute approximate surface area is 176 Å². The van der Waals surface area contributed by atoms with Gasteiger partial charge in [0.05, 0.1) is 18.1 Å². The van der Waals surface area contributed by atoms with Gasteiger partial charge < -0.3 is 14.1 Å². The average molecular weight is 484 g/mol. The zero-order valence-corrected chi connectivity index (χ0v) is 17.8. The standard InChI is InChI=1S/C19H16BrClN2O4S/c20-14-3-7-16(8-4-14)28(24,25)18-19(23-9-11-26-12-10-23)27-17(22-18)13-1-5-15(21)6-2-13/h1-8H,9-12H2. The molecule has 0 amide bonds. The monoisotopic (exact) mass is 482 g/mol. The summed E-state index contributed by atoms with van der Waals surface area (Å²) in [5, 5.41) is 0.480. The maximum Gasteiger partial charge on any atom is 0.236 e. The van der Waals surface area contributed by atoms with Crippen LogP contribution in [-0.2, 0) is 14.6 Å². The van der Waals surface area contributed by atoms with Crippen LogP contribution < -0.4 is 4.90 Å². The highest BCUT2D eigenvalue weighted by Gasteiger charge is 2.32. The summed E-state index contributed by atoms with van der Waals surface area (Å²) in [6.07, 6.45) is 0. The zero-order valence-electron chi connectivity index (χ0n) is 14.6. The van der Waals surface area contributed by atoms with Crippen LogP contribution in [0.4, 0.5) is 5.88 Å². The lowest BCUT2D eigenvalue weighted by atomic mass is 10.2. The van der Waals surface area contributed by atoms with E-state index in [1.165, 1.54) is 0 Å². The van der Waals surface area contributed by atoms with Gasteiger partial charge in [-0.1, -0.05) is 27.5 Å². The van der Waals surface area contributed by atoms with Gasteiger partial charge in [-0.2, -0.15) is 4.98 Å². The molecular formula is C19H16BrClN2O4S. The fourth-order valence-electron chi connectivity index (χ4n) is 2.88. The minimum Gasteiger partial charge on any atom is -0.419 e. The van der Waals surface area contributed by atoms with Gasteiger partial charge in [0.2, 0.25) is 26.6 Å². The van der Waals surface area contributed by atoms with Crippen LogP contribution >= 0.6 is 27.5 Å². The van der Waals surface area contributed by atoms with Crippen molar-refractivity contribution in [3.8, 4) is 11.5 Å². The van der Waals surface area contributed by atoms with E-state index in [0.717, 1.165) is 4.47 Å². The van der Waals surface area contributed by atoms with Crippen LogP contribution in [0.15, 0.2) is 67.3 Å². The van der Waals surface area contributed by atoms with E-state index >= 15 is 0 Å². The first kappa shape index (κ1) is 19.4. The summed E-state index contributed by atoms with van der Waals surface area (Å²) >= 11 is 9.27. The summed E-state index contributed by atoms with van der Waals surface area (Å²) in [4.78, 5) is 6.37. The Morgan fingerprint density at radius 3 is 2.29 bits per heavy atom. The lowest BCUT2D eigenvalue weighted by Crippen LogP contribution is -2.36. The summed E-state index contributed by atoms with van der Waals surface area (Å²) in [6.45, 7) is 2.04. The maximum atomic E-state index is 13.3. The predicted octanol–water partition coefficient (Wildman–Crippen LogP) is 4.43. The van der Waals surface area contributed by atoms with Crippen molar-refractivity contribution in [3.05, 3.63) is 58.0 Å². The van der Waals surface area contributed by atoms with E-state index in [1.54, 1.807) is 48.5 Å². The Morgan fingerprint density at radius 2 is 1.64 bits per heavy atom. The third-order valence-corrected chi connectivity index (χ3v) is 6.80. The van der Waals surface area contributed by atoms with Gasteiger partial charge in [-0.05, 0) is 48.5 Å². The number of oxazole rings is 1. The van der Waals surface area contributed by atoms with Gasteiger partial charge >= 0.3 is 0 Å². The number of halogens is 2. The molecule has 28 heavy (non-hydrogen) atoms. The molecule has 0 atom stereocenters. The number of hydrogen-bond acceptors (Lipinski definition) is 6. The minimum atomic E-state index is -3.87. The molecule has 3 aromatic rings. The van der Waals surface area contributed by atoms with Crippen molar-refractivity contribution in [2.75, 3.05) is 31.2 Å². The number of benzene rings is 2. The number of nitrogens with zero attached hydrogens (tertiary/aromatic N) is 2. The van der Waals surface area contributed by atoms with Crippen LogP contribution in [0.5, 0.6) is 0 Å². The second kappa shape index (κ2) is 7.87. The van der Waals surface area contributed by atoms with Crippen LogP contribution in [0.2, 0.25) is 5.02 Å². The molecule has 9 heteroatoms. The molecule has 0 spiro atoms. The van der Waals surface area contributed by atoms with Gasteiger partial charge in [0.15, 0.2) is 0 Å². The second-order valence-corrected chi connectivity index (χ2v) is 9.41. The Balaban J connectivity index is 1.84. The topological polar surface area (TPSA) is 72.6 Å². The number of sulfone groups is 1. The number of ether oxygens (including phenoxy) is 1. The highest BCUT2D eigenvalue weighted by Crippen LogP contribution is 2.35. The van der Waals surface area contributed by atoms with Crippen molar-refractivity contribution in [1.82, 2.24) is 4.98 Å². The van der Waals surface area contributed by atoms with E-state index < -0.39 is 9.84 Å². The molecule has 0 bridgehead atoms. The SMILES string of the molecule is O=S(=O)(c1ccc(Br)cc1)c1nc(-c2ccc(Cl)cc2)oc1N1CCOCC1. The van der Waals surface area contributed by atoms with Crippen molar-refractivity contribution in [3.63, 3.8) is 0 Å². The molecule has 2 aromatic carbocycles. The highest BCUT2D eigenvalue weighted by molar-refractivity contribution is 9.10. The summed E-state index contributed by atoms with van der Waals surface area (Å²) in [7, 11) is -3.87. The predicted molar refractivity (Wildman–Crippen MR) is 110 cm³/mol. The van der Waals surface area contributed by atoms with Gasteiger partial charge in [-0.15, -0.1) is 0 Å². The Hall–Kier alpha value is -1.87. The van der Waals surface area contributed by atoms with E-state index in [0.29, 0.717) is 36.9 Å². The average Bonchev–Trinajstić information content (AvgIpc) is 3.16. The fourth-order valence-corrected chi connectivity index (χ4v) is 4.59. The molecule has 146 valence electrons. The molecule has 0 radical (unpaired) electrons. The summed E-state index contributed by atoms with van der Waals surface area (Å²) in [6, 6.07) is 13.3. The van der Waals surface area contributed by atoms with Crippen molar-refractivity contribution in [1.29, 1.82) is 0 Å². The molecule has 6 nitrogen and oxygen atoms in total. The smallest absolute Gasteiger partial charge is 0.236 e. The second-order valence-electron chi connectivity index (χ2n) is 6.19. The molecule has 0 unspecified atom stereocenters. The van der Waals surface area contributed by atoms with E-state index in [-0.39, 0.29) is 21.7 Å². The molecule has 0 N–H and O–H groups in total. The normalized spacial score (nSPS) is 15.0. The fraction of sp³-hybridized carbons (Fsp3) is 0.211. The van der Waals surface area contributed by atoms with Crippen LogP contribution in [-0.4, -0.2) is 39.7 Å². The molecule has 0 saturated carbocycles. The van der Waals surface area contributed by atoms with E-state index in [1.807, 2.05) is 4.90 Å². The lowest BCUT2D eigenvalue weighted by Gasteiger charge is -2.26. The van der Waals surface area contributed by atoms with E-state index in [9.17, 15) is 8.42 Å². The van der Waals surface area contributed by atoms with E-state index in [2.05, 4.69) is 20.9 Å². The molecule has 1 aliphatic rings. The van der Waals surface area contributed by atoms with Crippen molar-refractivity contribution >= 4 is 43.3 Å². The van der Waals surface area contributed by atoms with Crippen molar-refractivity contribution in [2.24, 2.45) is 0 Å². The Kier molecular flexibility index (Phi) is 5.46. The first-order valence-electron chi connectivity index (χ1n) is 8.55. The number of anilines is 1. The van der Waals surface area contributed by atoms with Gasteiger partial charge in [0, 0.05) is 28.1 Å². The zero-order chi connectivity index (χ0) is 19.7. The number of morpholine rings is 1. The van der Waals surface area contributed by atoms with Gasteiger partial charge in [0.1, 0.15) is 0 Å². The molecule has 0 aliphatic carbocycles. The first-order chi connectivity index (χ1) is 13.4. The maximum absolute atomic E-state index is 13.3. The van der Waals surface area contributed by atoms with Crippen molar-refractivity contribution < 1.29 is 17.6 Å². The molecule has 2 heterocycles.